The van der Waals surface area contributed by atoms with Crippen LogP contribution < -0.4 is 9.64 Å². The minimum atomic E-state index is -2.11. The number of aliphatic carboxylic acids is 4. The molecule has 0 aromatic heterocycles. The van der Waals surface area contributed by atoms with E-state index in [2.05, 4.69) is 4.99 Å². The lowest BCUT2D eigenvalue weighted by Crippen LogP contribution is -2.65. The summed E-state index contributed by atoms with van der Waals surface area (Å²) in [5.74, 6) is -8.11. The van der Waals surface area contributed by atoms with Crippen molar-refractivity contribution in [1.82, 2.24) is 0 Å². The Labute approximate surface area is 314 Å². The number of phenols is 1. The van der Waals surface area contributed by atoms with Gasteiger partial charge in [0, 0.05) is 30.8 Å². The van der Waals surface area contributed by atoms with Gasteiger partial charge in [0.2, 0.25) is 6.29 Å². The van der Waals surface area contributed by atoms with Crippen molar-refractivity contribution in [1.29, 1.82) is 0 Å². The van der Waals surface area contributed by atoms with Gasteiger partial charge in [-0.25, -0.2) is 14.4 Å². The molecule has 2 saturated heterocycles. The van der Waals surface area contributed by atoms with Crippen LogP contribution >= 0.6 is 0 Å². The molecule has 2 fully saturated rings. The summed E-state index contributed by atoms with van der Waals surface area (Å²) >= 11 is 0. The van der Waals surface area contributed by atoms with Gasteiger partial charge in [0.25, 0.3) is 0 Å². The number of hydrogen-bond donors (Lipinski definition) is 11. The predicted octanol–water partition coefficient (Wildman–Crippen LogP) is -3.94. The molecule has 0 bridgehead atoms. The predicted molar refractivity (Wildman–Crippen MR) is 177 cm³/mol. The van der Waals surface area contributed by atoms with Crippen molar-refractivity contribution in [2.75, 3.05) is 18.1 Å². The molecule has 56 heavy (non-hydrogen) atoms. The molecule has 4 heterocycles. The molecule has 1 aromatic carbocycles. The van der Waals surface area contributed by atoms with E-state index in [1.54, 1.807) is 0 Å². The van der Waals surface area contributed by atoms with Crippen molar-refractivity contribution >= 4 is 41.2 Å². The summed E-state index contributed by atoms with van der Waals surface area (Å²) in [5.41, 5.74) is 0.0778. The van der Waals surface area contributed by atoms with Crippen LogP contribution in [0.3, 0.4) is 0 Å². The maximum Gasteiger partial charge on any atom is 0.354 e. The van der Waals surface area contributed by atoms with Crippen LogP contribution in [0.15, 0.2) is 41.1 Å². The zero-order valence-corrected chi connectivity index (χ0v) is 28.7. The largest absolute Gasteiger partial charge is 0.504 e. The maximum absolute atomic E-state index is 12.3. The fourth-order valence-corrected chi connectivity index (χ4v) is 6.43. The van der Waals surface area contributed by atoms with E-state index in [4.69, 9.17) is 28.8 Å². The Bertz CT molecular complexity index is 1790. The Morgan fingerprint density at radius 2 is 1.50 bits per heavy atom. The minimum Gasteiger partial charge on any atom is -0.504 e. The van der Waals surface area contributed by atoms with E-state index in [1.165, 1.54) is 23.2 Å². The third kappa shape index (κ3) is 8.90. The molecule has 23 heteroatoms. The number of carbonyl (C=O) groups excluding carboxylic acids is 1. The first-order chi connectivity index (χ1) is 26.4. The average Bonchev–Trinajstić information content (AvgIpc) is 3.49. The number of esters is 1. The molecular weight excluding hydrogens is 760 g/mol. The fraction of sp³-hybridized carbons (Fsp3) is 0.515. The Balaban J connectivity index is 1.39. The molecule has 4 aliphatic heterocycles. The maximum atomic E-state index is 12.3. The number of aliphatic hydroxyl groups is 6. The number of hydrogen-bond acceptors (Lipinski definition) is 19. The van der Waals surface area contributed by atoms with Crippen LogP contribution in [-0.4, -0.2) is 178 Å². The number of benzene rings is 1. The van der Waals surface area contributed by atoms with Crippen molar-refractivity contribution in [3.05, 3.63) is 41.6 Å². The smallest absolute Gasteiger partial charge is 0.354 e. The van der Waals surface area contributed by atoms with E-state index >= 15 is 0 Å². The summed E-state index contributed by atoms with van der Waals surface area (Å²) in [4.78, 5) is 63.1. The molecule has 23 nitrogen and oxygen atoms in total. The second kappa shape index (κ2) is 17.3. The highest BCUT2D eigenvalue weighted by Crippen LogP contribution is 2.42. The zero-order valence-electron chi connectivity index (χ0n) is 28.7. The van der Waals surface area contributed by atoms with Gasteiger partial charge < -0.3 is 84.8 Å². The number of carbonyl (C=O) groups is 5. The number of nitrogens with zero attached hydrogens (tertiary/aromatic N) is 2. The first kappa shape index (κ1) is 41.9. The minimum absolute atomic E-state index is 0.138. The molecule has 0 saturated carbocycles. The van der Waals surface area contributed by atoms with Crippen LogP contribution in [0.5, 0.6) is 11.5 Å². The van der Waals surface area contributed by atoms with Gasteiger partial charge in [0.15, 0.2) is 36.0 Å². The van der Waals surface area contributed by atoms with Crippen LogP contribution in [0.1, 0.15) is 18.4 Å². The zero-order chi connectivity index (χ0) is 41.2. The van der Waals surface area contributed by atoms with Gasteiger partial charge in [0.05, 0.1) is 13.2 Å². The molecule has 0 aliphatic carbocycles. The first-order valence-corrected chi connectivity index (χ1v) is 16.7. The number of carboxylic acids is 4. The standard InChI is InChI=1S/C33H38N2O21/c36-9-19-23(42)24(43)28(56-32-26(45)25(44)27(20(10-37)54-32)55-22(41)8-21(39)40)33(53-19)52-18-6-12-5-16(31(50)51)35(15(12)7-17(18)38)2-1-11-3-13(29(46)47)34-14(4-11)30(48)49/h1-3,6-7,14,16,19-20,23-28,32-33,36-38,42-45H,4-5,8-10H2,(H,39,40)(H,46,47)(H,48,49)(H,50,51)/b2-1+/t14-,16+,19+,20+,23+,24-,25+,26+,27+,28+,32-,33+/m0/s1. The summed E-state index contributed by atoms with van der Waals surface area (Å²) in [7, 11) is 0. The van der Waals surface area contributed by atoms with Gasteiger partial charge >= 0.3 is 29.8 Å². The van der Waals surface area contributed by atoms with Gasteiger partial charge in [-0.3, -0.25) is 14.6 Å². The molecule has 12 atom stereocenters. The van der Waals surface area contributed by atoms with Crippen LogP contribution in [0.25, 0.3) is 0 Å². The molecule has 0 radical (unpaired) electrons. The number of aliphatic imine (C=N–C) groups is 1. The van der Waals surface area contributed by atoms with E-state index in [-0.39, 0.29) is 29.7 Å². The lowest BCUT2D eigenvalue weighted by molar-refractivity contribution is -0.358. The number of allylic oxidation sites excluding steroid dienone is 1. The monoisotopic (exact) mass is 798 g/mol. The quantitative estimate of drug-likeness (QED) is 0.0632. The molecule has 0 spiro atoms. The molecule has 306 valence electrons. The number of aromatic hydroxyl groups is 1. The van der Waals surface area contributed by atoms with E-state index in [0.717, 1.165) is 12.1 Å². The Morgan fingerprint density at radius 3 is 2.11 bits per heavy atom. The Hall–Kier alpha value is -5.24. The lowest BCUT2D eigenvalue weighted by Gasteiger charge is -2.46. The molecule has 4 aliphatic rings. The van der Waals surface area contributed by atoms with Crippen molar-refractivity contribution in [2.24, 2.45) is 4.99 Å². The highest BCUT2D eigenvalue weighted by atomic mass is 16.8. The van der Waals surface area contributed by atoms with Crippen molar-refractivity contribution in [3.8, 4) is 11.5 Å². The second-order valence-corrected chi connectivity index (χ2v) is 13.0. The normalized spacial score (nSPS) is 32.9. The summed E-state index contributed by atoms with van der Waals surface area (Å²) in [6, 6.07) is -0.378. The van der Waals surface area contributed by atoms with Crippen LogP contribution in [0, 0.1) is 0 Å². The lowest BCUT2D eigenvalue weighted by atomic mass is 9.97. The SMILES string of the molecule is O=C(O)CC(=O)O[C@H]1[C@H](O)[C@@H](O)[C@H](O[C@H]2[C@H](Oc3cc4c(cc3O)N(/C=C/C3=CC(C(=O)O)=N[C@H](C(=O)O)C3)[C@@H](C(=O)O)C4)O[C@H](CO)[C@@H](O)[C@@H]2O)O[C@@H]1CO. The topological polar surface area (TPSA) is 370 Å². The molecule has 0 amide bonds. The van der Waals surface area contributed by atoms with Crippen LogP contribution in [-0.2, 0) is 49.3 Å². The third-order valence-corrected chi connectivity index (χ3v) is 9.21. The summed E-state index contributed by atoms with van der Waals surface area (Å²) < 4.78 is 27.5. The number of dihydropyridines is 1. The first-order valence-electron chi connectivity index (χ1n) is 16.7. The van der Waals surface area contributed by atoms with Crippen molar-refractivity contribution in [3.63, 3.8) is 0 Å². The Morgan fingerprint density at radius 1 is 0.839 bits per heavy atom. The van der Waals surface area contributed by atoms with Crippen LogP contribution in [0.4, 0.5) is 5.69 Å². The molecule has 0 unspecified atom stereocenters. The van der Waals surface area contributed by atoms with Gasteiger partial charge in [-0.2, -0.15) is 0 Å². The number of phenolic OH excluding ortho intramolecular Hbond substituents is 1. The molecule has 5 rings (SSSR count). The molecule has 1 aromatic rings. The van der Waals surface area contributed by atoms with E-state index in [1.807, 2.05) is 0 Å². The van der Waals surface area contributed by atoms with Gasteiger partial charge in [0.1, 0.15) is 54.8 Å². The number of ether oxygens (including phenoxy) is 5. The number of aliphatic hydroxyl groups excluding tert-OH is 6. The van der Waals surface area contributed by atoms with Gasteiger partial charge in [-0.1, -0.05) is 0 Å². The average molecular weight is 799 g/mol. The van der Waals surface area contributed by atoms with Gasteiger partial charge in [-0.15, -0.1) is 0 Å². The number of rotatable bonds is 14. The summed E-state index contributed by atoms with van der Waals surface area (Å²) in [5, 5.41) is 112. The number of carboxylic acid groups (broad SMARTS) is 4. The second-order valence-electron chi connectivity index (χ2n) is 13.0. The van der Waals surface area contributed by atoms with Gasteiger partial charge in [-0.05, 0) is 29.4 Å². The summed E-state index contributed by atoms with van der Waals surface area (Å²) in [6.45, 7) is -1.83. The van der Waals surface area contributed by atoms with Crippen molar-refractivity contribution in [2.45, 2.75) is 92.8 Å². The summed E-state index contributed by atoms with van der Waals surface area (Å²) in [6.07, 6.45) is -16.5. The van der Waals surface area contributed by atoms with E-state index in [9.17, 15) is 75.0 Å². The van der Waals surface area contributed by atoms with E-state index < -0.39 is 140 Å². The van der Waals surface area contributed by atoms with Crippen molar-refractivity contribution < 1.29 is 104 Å². The highest BCUT2D eigenvalue weighted by molar-refractivity contribution is 6.41. The fourth-order valence-electron chi connectivity index (χ4n) is 6.43. The highest BCUT2D eigenvalue weighted by Gasteiger charge is 2.53. The molecule has 11 N–H and O–H groups in total. The Kier molecular flexibility index (Phi) is 12.9. The third-order valence-electron chi connectivity index (χ3n) is 9.21. The number of anilines is 1. The number of fused-ring (bicyclic) bond motifs is 1. The van der Waals surface area contributed by atoms with Crippen LogP contribution in [0.2, 0.25) is 0 Å². The van der Waals surface area contributed by atoms with E-state index in [0.29, 0.717) is 0 Å². The molecular formula is C33H38N2O21.